The van der Waals surface area contributed by atoms with Crippen LogP contribution in [0.5, 0.6) is 11.5 Å². The molecule has 8 heteroatoms. The van der Waals surface area contributed by atoms with Gasteiger partial charge in [-0.25, -0.2) is 4.98 Å². The highest BCUT2D eigenvalue weighted by Crippen LogP contribution is 2.34. The van der Waals surface area contributed by atoms with Crippen LogP contribution in [0.25, 0.3) is 21.9 Å². The van der Waals surface area contributed by atoms with E-state index in [-0.39, 0.29) is 5.56 Å². The first-order chi connectivity index (χ1) is 16.2. The summed E-state index contributed by atoms with van der Waals surface area (Å²) in [5.74, 6) is 1.23. The first-order valence-electron chi connectivity index (χ1n) is 11.3. The average molecular weight is 448 g/mol. The molecule has 5 rings (SSSR count). The van der Waals surface area contributed by atoms with Crippen molar-refractivity contribution in [1.82, 2.24) is 24.3 Å². The highest BCUT2D eigenvalue weighted by Gasteiger charge is 2.18. The molecule has 0 radical (unpaired) electrons. The number of rotatable bonds is 7. The van der Waals surface area contributed by atoms with Crippen LogP contribution in [0.4, 0.5) is 0 Å². The van der Waals surface area contributed by atoms with Gasteiger partial charge >= 0.3 is 0 Å². The molecular weight excluding hydrogens is 418 g/mol. The van der Waals surface area contributed by atoms with Crippen LogP contribution in [0.2, 0.25) is 0 Å². The number of nitrogens with one attached hydrogen (secondary N) is 1. The number of fused-ring (bicyclic) bond motifs is 3. The van der Waals surface area contributed by atoms with E-state index in [4.69, 9.17) is 9.47 Å². The molecule has 0 aliphatic carbocycles. The number of nitrogens with zero attached hydrogens (tertiary/aromatic N) is 4. The summed E-state index contributed by atoms with van der Waals surface area (Å²) < 4.78 is 12.5. The van der Waals surface area contributed by atoms with E-state index in [0.29, 0.717) is 29.1 Å². The fourth-order valence-corrected chi connectivity index (χ4v) is 4.54. The average Bonchev–Trinajstić information content (AvgIpc) is 3.22. The first-order valence-corrected chi connectivity index (χ1v) is 11.3. The van der Waals surface area contributed by atoms with Crippen molar-refractivity contribution in [1.29, 1.82) is 0 Å². The maximum absolute atomic E-state index is 13.1. The molecule has 1 aliphatic rings. The van der Waals surface area contributed by atoms with E-state index < -0.39 is 0 Å². The molecule has 172 valence electrons. The Hall–Kier alpha value is -3.36. The molecule has 1 aliphatic heterocycles. The molecule has 1 fully saturated rings. The molecule has 33 heavy (non-hydrogen) atoms. The summed E-state index contributed by atoms with van der Waals surface area (Å²) in [4.78, 5) is 25.9. The zero-order valence-electron chi connectivity index (χ0n) is 19.1. The van der Waals surface area contributed by atoms with E-state index in [0.717, 1.165) is 50.2 Å². The van der Waals surface area contributed by atoms with Crippen molar-refractivity contribution in [2.75, 3.05) is 46.9 Å². The van der Waals surface area contributed by atoms with E-state index >= 15 is 0 Å². The zero-order valence-corrected chi connectivity index (χ0v) is 19.1. The summed E-state index contributed by atoms with van der Waals surface area (Å²) in [6, 6.07) is 14.3. The van der Waals surface area contributed by atoms with Gasteiger partial charge in [0, 0.05) is 57.3 Å². The predicted octanol–water partition coefficient (Wildman–Crippen LogP) is 2.71. The second-order valence-electron chi connectivity index (χ2n) is 8.45. The maximum atomic E-state index is 13.1. The molecule has 1 N–H and O–H groups in total. The van der Waals surface area contributed by atoms with Gasteiger partial charge in [-0.15, -0.1) is 0 Å². The Morgan fingerprint density at radius 1 is 0.939 bits per heavy atom. The first kappa shape index (κ1) is 21.5. The van der Waals surface area contributed by atoms with Gasteiger partial charge in [-0.1, -0.05) is 30.3 Å². The molecule has 0 bridgehead atoms. The van der Waals surface area contributed by atoms with E-state index in [2.05, 4.69) is 50.1 Å². The third-order valence-electron chi connectivity index (χ3n) is 6.45. The lowest BCUT2D eigenvalue weighted by Crippen LogP contribution is -2.47. The largest absolute Gasteiger partial charge is 0.493 e. The molecule has 8 nitrogen and oxygen atoms in total. The Kier molecular flexibility index (Phi) is 6.02. The van der Waals surface area contributed by atoms with E-state index in [1.807, 2.05) is 12.1 Å². The minimum absolute atomic E-state index is 0.0585. The normalized spacial score (nSPS) is 15.3. The monoisotopic (exact) mass is 447 g/mol. The third-order valence-corrected chi connectivity index (χ3v) is 6.45. The lowest BCUT2D eigenvalue weighted by molar-refractivity contribution is 0.124. The van der Waals surface area contributed by atoms with Crippen molar-refractivity contribution in [3.05, 3.63) is 64.7 Å². The molecule has 0 unspecified atom stereocenters. The summed E-state index contributed by atoms with van der Waals surface area (Å²) in [6.07, 6.45) is 1.65. The van der Waals surface area contributed by atoms with E-state index in [1.54, 1.807) is 25.1 Å². The summed E-state index contributed by atoms with van der Waals surface area (Å²) >= 11 is 0. The van der Waals surface area contributed by atoms with Crippen molar-refractivity contribution in [3.8, 4) is 11.5 Å². The van der Waals surface area contributed by atoms with Gasteiger partial charge in [0.15, 0.2) is 11.5 Å². The molecular formula is C25H29N5O3. The smallest absolute Gasteiger partial charge is 0.277 e. The Morgan fingerprint density at radius 3 is 2.36 bits per heavy atom. The Labute approximate surface area is 192 Å². The van der Waals surface area contributed by atoms with Gasteiger partial charge in [-0.3, -0.25) is 19.2 Å². The van der Waals surface area contributed by atoms with E-state index in [9.17, 15) is 4.79 Å². The Bertz CT molecular complexity index is 1310. The Morgan fingerprint density at radius 2 is 1.64 bits per heavy atom. The number of aromatic nitrogens is 3. The number of ether oxygens (including phenoxy) is 2. The van der Waals surface area contributed by atoms with Crippen molar-refractivity contribution in [2.24, 2.45) is 0 Å². The molecule has 4 aromatic rings. The third kappa shape index (κ3) is 4.31. The van der Waals surface area contributed by atoms with E-state index in [1.165, 1.54) is 5.56 Å². The molecule has 2 aromatic carbocycles. The minimum atomic E-state index is -0.0585. The van der Waals surface area contributed by atoms with Gasteiger partial charge in [-0.2, -0.15) is 0 Å². The molecule has 0 saturated carbocycles. The molecule has 2 aromatic heterocycles. The van der Waals surface area contributed by atoms with Crippen LogP contribution < -0.4 is 15.0 Å². The van der Waals surface area contributed by atoms with Crippen LogP contribution >= 0.6 is 0 Å². The van der Waals surface area contributed by atoms with Crippen molar-refractivity contribution < 1.29 is 9.47 Å². The van der Waals surface area contributed by atoms with Crippen molar-refractivity contribution >= 4 is 21.9 Å². The molecule has 3 heterocycles. The zero-order chi connectivity index (χ0) is 22.8. The molecule has 0 atom stereocenters. The number of aromatic amines is 1. The van der Waals surface area contributed by atoms with Crippen LogP contribution in [0.1, 0.15) is 5.56 Å². The van der Waals surface area contributed by atoms with Crippen LogP contribution in [0.3, 0.4) is 0 Å². The molecule has 0 spiro atoms. The number of piperazine rings is 1. The van der Waals surface area contributed by atoms with Crippen molar-refractivity contribution in [2.45, 2.75) is 13.1 Å². The number of hydrogen-bond donors (Lipinski definition) is 1. The lowest BCUT2D eigenvalue weighted by atomic mass is 10.2. The summed E-state index contributed by atoms with van der Waals surface area (Å²) in [7, 11) is 3.19. The highest BCUT2D eigenvalue weighted by molar-refractivity contribution is 6.05. The van der Waals surface area contributed by atoms with Crippen LogP contribution in [0.15, 0.2) is 53.6 Å². The van der Waals surface area contributed by atoms with Gasteiger partial charge in [0.25, 0.3) is 5.56 Å². The van der Waals surface area contributed by atoms with Crippen LogP contribution in [0, 0.1) is 0 Å². The SMILES string of the molecule is COc1cc2[nH]c3c(=O)n(CCN4CCN(Cc5ccccc5)CC4)cnc3c2cc1OC. The fourth-order valence-electron chi connectivity index (χ4n) is 4.54. The van der Waals surface area contributed by atoms with Crippen LogP contribution in [-0.2, 0) is 13.1 Å². The van der Waals surface area contributed by atoms with Crippen molar-refractivity contribution in [3.63, 3.8) is 0 Å². The fraction of sp³-hybridized carbons (Fsp3) is 0.360. The number of benzene rings is 2. The molecule has 0 amide bonds. The standard InChI is InChI=1S/C25H29N5O3/c1-32-21-14-19-20(15-22(21)33-2)27-24-23(19)26-17-30(25(24)31)13-12-28-8-10-29(11-9-28)16-18-6-4-3-5-7-18/h3-7,14-15,17,27H,8-13,16H2,1-2H3. The number of methoxy groups -OCH3 is 2. The quantitative estimate of drug-likeness (QED) is 0.470. The minimum Gasteiger partial charge on any atom is -0.493 e. The second kappa shape index (κ2) is 9.25. The Balaban J connectivity index is 1.26. The van der Waals surface area contributed by atoms with Gasteiger partial charge in [0.1, 0.15) is 11.0 Å². The predicted molar refractivity (Wildman–Crippen MR) is 129 cm³/mol. The van der Waals surface area contributed by atoms with Gasteiger partial charge < -0.3 is 14.5 Å². The molecule has 1 saturated heterocycles. The van der Waals surface area contributed by atoms with Gasteiger partial charge in [0.05, 0.1) is 26.1 Å². The number of hydrogen-bond acceptors (Lipinski definition) is 6. The summed E-state index contributed by atoms with van der Waals surface area (Å²) in [5.41, 5.74) is 3.26. The summed E-state index contributed by atoms with van der Waals surface area (Å²) in [5, 5.41) is 0.849. The maximum Gasteiger partial charge on any atom is 0.277 e. The topological polar surface area (TPSA) is 75.6 Å². The van der Waals surface area contributed by atoms with Gasteiger partial charge in [-0.05, 0) is 11.6 Å². The van der Waals surface area contributed by atoms with Crippen LogP contribution in [-0.4, -0.2) is 71.3 Å². The summed E-state index contributed by atoms with van der Waals surface area (Å²) in [6.45, 7) is 6.51. The number of H-pyrrole nitrogens is 1. The second-order valence-corrected chi connectivity index (χ2v) is 8.45. The highest BCUT2D eigenvalue weighted by atomic mass is 16.5. The van der Waals surface area contributed by atoms with Gasteiger partial charge in [0.2, 0.25) is 0 Å². The lowest BCUT2D eigenvalue weighted by Gasteiger charge is -2.34.